The van der Waals surface area contributed by atoms with Gasteiger partial charge in [-0.25, -0.2) is 0 Å². The van der Waals surface area contributed by atoms with Crippen molar-refractivity contribution in [3.63, 3.8) is 0 Å². The summed E-state index contributed by atoms with van der Waals surface area (Å²) in [6.07, 6.45) is 1.50. The molecule has 0 N–H and O–H groups in total. The Labute approximate surface area is 117 Å². The van der Waals surface area contributed by atoms with Gasteiger partial charge in [-0.2, -0.15) is 5.26 Å². The molecule has 0 saturated heterocycles. The standard InChI is InChI=1S/C15H25NO2Si/c1-11-12(7-8-16)9-13(10-14(11)17)18-19(5,6)15(2,3)4/h13H,7,9-10H2,1-6H3/t13-/m1/s1. The van der Waals surface area contributed by atoms with Gasteiger partial charge in [0.05, 0.1) is 18.6 Å². The molecule has 0 heterocycles. The van der Waals surface area contributed by atoms with Crippen LogP contribution in [0.25, 0.3) is 0 Å². The molecule has 0 aliphatic heterocycles. The van der Waals surface area contributed by atoms with E-state index in [4.69, 9.17) is 9.69 Å². The summed E-state index contributed by atoms with van der Waals surface area (Å²) >= 11 is 0. The average Bonchev–Trinajstić information content (AvgIpc) is 2.23. The lowest BCUT2D eigenvalue weighted by molar-refractivity contribution is -0.117. The van der Waals surface area contributed by atoms with Crippen molar-refractivity contribution in [2.24, 2.45) is 0 Å². The maximum absolute atomic E-state index is 12.0. The zero-order valence-electron chi connectivity index (χ0n) is 13.0. The van der Waals surface area contributed by atoms with Crippen LogP contribution in [0.5, 0.6) is 0 Å². The number of allylic oxidation sites excluding steroid dienone is 1. The van der Waals surface area contributed by atoms with Gasteiger partial charge >= 0.3 is 0 Å². The van der Waals surface area contributed by atoms with E-state index in [9.17, 15) is 4.79 Å². The van der Waals surface area contributed by atoms with E-state index in [2.05, 4.69) is 39.9 Å². The first kappa shape index (κ1) is 16.1. The summed E-state index contributed by atoms with van der Waals surface area (Å²) < 4.78 is 6.31. The van der Waals surface area contributed by atoms with Gasteiger partial charge in [0.2, 0.25) is 0 Å². The average molecular weight is 279 g/mol. The molecule has 4 heteroatoms. The topological polar surface area (TPSA) is 50.1 Å². The summed E-state index contributed by atoms with van der Waals surface area (Å²) in [6, 6.07) is 2.15. The molecule has 1 aliphatic carbocycles. The second-order valence-electron chi connectivity index (χ2n) is 6.90. The molecule has 0 aromatic carbocycles. The van der Waals surface area contributed by atoms with Crippen molar-refractivity contribution in [3.8, 4) is 6.07 Å². The molecule has 0 bridgehead atoms. The lowest BCUT2D eigenvalue weighted by Crippen LogP contribution is -2.45. The monoisotopic (exact) mass is 279 g/mol. The molecular formula is C15H25NO2Si. The number of rotatable bonds is 3. The molecule has 19 heavy (non-hydrogen) atoms. The number of nitrogens with zero attached hydrogens (tertiary/aromatic N) is 1. The minimum atomic E-state index is -1.85. The smallest absolute Gasteiger partial charge is 0.192 e. The zero-order valence-corrected chi connectivity index (χ0v) is 14.0. The second-order valence-corrected chi connectivity index (χ2v) is 11.7. The highest BCUT2D eigenvalue weighted by atomic mass is 28.4. The number of hydrogen-bond donors (Lipinski definition) is 0. The van der Waals surface area contributed by atoms with E-state index >= 15 is 0 Å². The Morgan fingerprint density at radius 3 is 2.42 bits per heavy atom. The summed E-state index contributed by atoms with van der Waals surface area (Å²) in [5.74, 6) is 0.139. The summed E-state index contributed by atoms with van der Waals surface area (Å²) in [7, 11) is -1.85. The van der Waals surface area contributed by atoms with E-state index in [-0.39, 0.29) is 16.9 Å². The van der Waals surface area contributed by atoms with Crippen LogP contribution in [0.15, 0.2) is 11.1 Å². The molecule has 106 valence electrons. The van der Waals surface area contributed by atoms with Crippen LogP contribution >= 0.6 is 0 Å². The van der Waals surface area contributed by atoms with Crippen LogP contribution in [-0.4, -0.2) is 20.2 Å². The van der Waals surface area contributed by atoms with E-state index in [0.29, 0.717) is 12.8 Å². The summed E-state index contributed by atoms with van der Waals surface area (Å²) in [6.45, 7) is 12.8. The first-order valence-electron chi connectivity index (χ1n) is 6.85. The largest absolute Gasteiger partial charge is 0.413 e. The van der Waals surface area contributed by atoms with E-state index in [0.717, 1.165) is 17.6 Å². The number of nitriles is 1. The van der Waals surface area contributed by atoms with Crippen LogP contribution in [-0.2, 0) is 9.22 Å². The molecule has 3 nitrogen and oxygen atoms in total. The zero-order chi connectivity index (χ0) is 14.8. The second kappa shape index (κ2) is 5.60. The fourth-order valence-corrected chi connectivity index (χ4v) is 3.39. The lowest BCUT2D eigenvalue weighted by atomic mass is 9.88. The van der Waals surface area contributed by atoms with Gasteiger partial charge in [0.1, 0.15) is 0 Å². The lowest BCUT2D eigenvalue weighted by Gasteiger charge is -2.40. The van der Waals surface area contributed by atoms with Gasteiger partial charge in [-0.1, -0.05) is 20.8 Å². The van der Waals surface area contributed by atoms with Crippen LogP contribution < -0.4 is 0 Å². The van der Waals surface area contributed by atoms with Crippen molar-refractivity contribution in [1.29, 1.82) is 5.26 Å². The Bertz CT molecular complexity index is 438. The minimum absolute atomic E-state index is 0.0413. The fraction of sp³-hybridized carbons (Fsp3) is 0.733. The normalized spacial score (nSPS) is 21.5. The Balaban J connectivity index is 2.85. The Morgan fingerprint density at radius 1 is 1.37 bits per heavy atom. The minimum Gasteiger partial charge on any atom is -0.413 e. The molecule has 0 unspecified atom stereocenters. The van der Waals surface area contributed by atoms with Crippen molar-refractivity contribution in [3.05, 3.63) is 11.1 Å². The summed E-state index contributed by atoms with van der Waals surface area (Å²) in [4.78, 5) is 12.0. The molecule has 0 fully saturated rings. The molecule has 0 spiro atoms. The third-order valence-corrected chi connectivity index (χ3v) is 8.93. The van der Waals surface area contributed by atoms with Crippen molar-refractivity contribution in [1.82, 2.24) is 0 Å². The van der Waals surface area contributed by atoms with Crippen LogP contribution in [0, 0.1) is 11.3 Å². The predicted molar refractivity (Wildman–Crippen MR) is 79.2 cm³/mol. The van der Waals surface area contributed by atoms with Crippen molar-refractivity contribution < 1.29 is 9.22 Å². The fourth-order valence-electron chi connectivity index (χ4n) is 2.03. The van der Waals surface area contributed by atoms with Gasteiger partial charge in [0.25, 0.3) is 0 Å². The van der Waals surface area contributed by atoms with Crippen LogP contribution in [0.2, 0.25) is 18.1 Å². The summed E-state index contributed by atoms with van der Waals surface area (Å²) in [5.41, 5.74) is 1.74. The van der Waals surface area contributed by atoms with Gasteiger partial charge in [-0.05, 0) is 42.6 Å². The van der Waals surface area contributed by atoms with Gasteiger partial charge in [-0.15, -0.1) is 0 Å². The molecule has 0 saturated carbocycles. The van der Waals surface area contributed by atoms with E-state index in [1.807, 2.05) is 6.92 Å². The number of hydrogen-bond acceptors (Lipinski definition) is 3. The van der Waals surface area contributed by atoms with Gasteiger partial charge in [-0.3, -0.25) is 4.79 Å². The number of Topliss-reactive ketones (excluding diaryl/α,β-unsaturated/α-hetero) is 1. The molecule has 0 radical (unpaired) electrons. The number of carbonyl (C=O) groups excluding carboxylic acids is 1. The van der Waals surface area contributed by atoms with Crippen molar-refractivity contribution in [2.75, 3.05) is 0 Å². The highest BCUT2D eigenvalue weighted by Crippen LogP contribution is 2.39. The molecule has 1 atom stereocenters. The Hall–Kier alpha value is -0.923. The molecule has 0 aromatic rings. The SMILES string of the molecule is CC1=C(CC#N)C[C@@H](O[Si](C)(C)C(C)(C)C)CC1=O. The third kappa shape index (κ3) is 3.77. The van der Waals surface area contributed by atoms with E-state index in [1.54, 1.807) is 0 Å². The quantitative estimate of drug-likeness (QED) is 0.734. The maximum atomic E-state index is 12.0. The van der Waals surface area contributed by atoms with Crippen LogP contribution in [0.4, 0.5) is 0 Å². The van der Waals surface area contributed by atoms with E-state index < -0.39 is 8.32 Å². The molecule has 0 amide bonds. The third-order valence-electron chi connectivity index (χ3n) is 4.40. The molecular weight excluding hydrogens is 254 g/mol. The van der Waals surface area contributed by atoms with Gasteiger partial charge < -0.3 is 4.43 Å². The van der Waals surface area contributed by atoms with Gasteiger partial charge in [0.15, 0.2) is 14.1 Å². The van der Waals surface area contributed by atoms with Crippen LogP contribution in [0.3, 0.4) is 0 Å². The van der Waals surface area contributed by atoms with Crippen molar-refractivity contribution >= 4 is 14.1 Å². The maximum Gasteiger partial charge on any atom is 0.192 e. The highest BCUT2D eigenvalue weighted by Gasteiger charge is 2.40. The van der Waals surface area contributed by atoms with Crippen molar-refractivity contribution in [2.45, 2.75) is 71.2 Å². The molecule has 1 rings (SSSR count). The van der Waals surface area contributed by atoms with Gasteiger partial charge in [0, 0.05) is 6.42 Å². The first-order chi connectivity index (χ1) is 8.58. The number of carbonyl (C=O) groups is 1. The van der Waals surface area contributed by atoms with E-state index in [1.165, 1.54) is 0 Å². The first-order valence-corrected chi connectivity index (χ1v) is 9.76. The Morgan fingerprint density at radius 2 is 1.95 bits per heavy atom. The Kier molecular flexibility index (Phi) is 4.75. The van der Waals surface area contributed by atoms with Crippen LogP contribution in [0.1, 0.15) is 47.0 Å². The highest BCUT2D eigenvalue weighted by molar-refractivity contribution is 6.74. The summed E-state index contributed by atoms with van der Waals surface area (Å²) in [5, 5.41) is 8.98. The molecule has 1 aliphatic rings. The number of ketones is 1. The molecule has 0 aromatic heterocycles. The predicted octanol–water partition coefficient (Wildman–Crippen LogP) is 3.97.